The smallest absolute Gasteiger partial charge is 0.376 e. The quantitative estimate of drug-likeness (QED) is 0.625. The van der Waals surface area contributed by atoms with Gasteiger partial charge in [0.25, 0.3) is 5.78 Å². The topological polar surface area (TPSA) is 67.2 Å². The summed E-state index contributed by atoms with van der Waals surface area (Å²) < 4.78 is 4.27. The molecule has 0 aliphatic rings. The van der Waals surface area contributed by atoms with Gasteiger partial charge in [-0.05, 0) is 17.7 Å². The Kier molecular flexibility index (Phi) is 4.50. The van der Waals surface area contributed by atoms with Crippen molar-refractivity contribution in [3.63, 3.8) is 0 Å². The lowest BCUT2D eigenvalue weighted by atomic mass is 9.96. The van der Waals surface area contributed by atoms with Gasteiger partial charge < -0.3 is 4.74 Å². The molecule has 1 unspecified atom stereocenters. The Balaban J connectivity index is 3.16. The van der Waals surface area contributed by atoms with Gasteiger partial charge in [-0.1, -0.05) is 29.3 Å². The predicted octanol–water partition coefficient (Wildman–Crippen LogP) is 2.34. The summed E-state index contributed by atoms with van der Waals surface area (Å²) in [6, 6.07) is 6.03. The monoisotopic (exact) mass is 271 g/mol. The molecule has 0 radical (unpaired) electrons. The second-order valence-electron chi connectivity index (χ2n) is 3.08. The van der Waals surface area contributed by atoms with Crippen molar-refractivity contribution in [2.45, 2.75) is 5.92 Å². The molecule has 0 aliphatic heterocycles. The lowest BCUT2D eigenvalue weighted by molar-refractivity contribution is -0.151. The molecule has 0 heterocycles. The highest BCUT2D eigenvalue weighted by Gasteiger charge is 2.29. The number of carbonyl (C=O) groups excluding carboxylic acids is 2. The molecule has 0 saturated carbocycles. The zero-order valence-electron chi connectivity index (χ0n) is 8.74. The number of rotatable bonds is 3. The van der Waals surface area contributed by atoms with Crippen LogP contribution in [0.15, 0.2) is 18.2 Å². The van der Waals surface area contributed by atoms with Gasteiger partial charge in [-0.25, -0.2) is 4.79 Å². The minimum Gasteiger partial charge on any atom is -0.463 e. The third kappa shape index (κ3) is 2.96. The number of Topliss-reactive ketones (excluding diaryl/α,β-unsaturated/α-hetero) is 1. The van der Waals surface area contributed by atoms with Gasteiger partial charge in [0.1, 0.15) is 5.92 Å². The molecule has 0 saturated heterocycles. The summed E-state index contributed by atoms with van der Waals surface area (Å²) in [6.45, 7) is 0. The molecule has 0 N–H and O–H groups in total. The number of hydrogen-bond donors (Lipinski definition) is 0. The largest absolute Gasteiger partial charge is 0.463 e. The van der Waals surface area contributed by atoms with Crippen molar-refractivity contribution in [3.8, 4) is 6.07 Å². The number of hydrogen-bond acceptors (Lipinski definition) is 4. The molecule has 17 heavy (non-hydrogen) atoms. The molecular weight excluding hydrogens is 265 g/mol. The van der Waals surface area contributed by atoms with Crippen molar-refractivity contribution < 1.29 is 14.3 Å². The first-order valence-corrected chi connectivity index (χ1v) is 5.23. The van der Waals surface area contributed by atoms with Gasteiger partial charge in [0.05, 0.1) is 13.2 Å². The van der Waals surface area contributed by atoms with Gasteiger partial charge >= 0.3 is 5.97 Å². The summed E-state index contributed by atoms with van der Waals surface area (Å²) in [4.78, 5) is 22.6. The van der Waals surface area contributed by atoms with Crippen LogP contribution in [0, 0.1) is 11.3 Å². The minimum absolute atomic E-state index is 0.154. The van der Waals surface area contributed by atoms with E-state index in [9.17, 15) is 9.59 Å². The number of ether oxygens (including phenoxy) is 1. The van der Waals surface area contributed by atoms with Gasteiger partial charge in [0.15, 0.2) is 0 Å². The second-order valence-corrected chi connectivity index (χ2v) is 3.93. The standard InChI is InChI=1S/C11H7Cl2NO3/c1-17-11(16)10(15)8(5-14)7-3-2-6(12)4-9(7)13/h2-4,8H,1H3. The number of nitriles is 1. The van der Waals surface area contributed by atoms with Crippen LogP contribution in [0.4, 0.5) is 0 Å². The van der Waals surface area contributed by atoms with E-state index in [1.54, 1.807) is 6.07 Å². The molecule has 0 aromatic heterocycles. The van der Waals surface area contributed by atoms with Crippen molar-refractivity contribution in [2.24, 2.45) is 0 Å². The predicted molar refractivity (Wildman–Crippen MR) is 61.8 cm³/mol. The highest BCUT2D eigenvalue weighted by molar-refractivity contribution is 6.38. The van der Waals surface area contributed by atoms with Crippen molar-refractivity contribution in [1.82, 2.24) is 0 Å². The first-order chi connectivity index (χ1) is 8.01. The number of methoxy groups -OCH3 is 1. The lowest BCUT2D eigenvalue weighted by Crippen LogP contribution is -2.22. The third-order valence-electron chi connectivity index (χ3n) is 2.05. The summed E-state index contributed by atoms with van der Waals surface area (Å²) in [7, 11) is 1.07. The molecule has 0 fully saturated rings. The fraction of sp³-hybridized carbons (Fsp3) is 0.182. The van der Waals surface area contributed by atoms with E-state index < -0.39 is 17.7 Å². The molecule has 0 amide bonds. The Hall–Kier alpha value is -1.57. The molecule has 6 heteroatoms. The van der Waals surface area contributed by atoms with Gasteiger partial charge in [-0.3, -0.25) is 4.79 Å². The Morgan fingerprint density at radius 2 is 2.06 bits per heavy atom. The van der Waals surface area contributed by atoms with Crippen molar-refractivity contribution in [1.29, 1.82) is 5.26 Å². The Labute approximate surface area is 108 Å². The summed E-state index contributed by atoms with van der Waals surface area (Å²) in [5, 5.41) is 9.45. The van der Waals surface area contributed by atoms with Gasteiger partial charge in [0.2, 0.25) is 0 Å². The van der Waals surface area contributed by atoms with Crippen LogP contribution in [-0.4, -0.2) is 18.9 Å². The third-order valence-corrected chi connectivity index (χ3v) is 2.61. The maximum atomic E-state index is 11.6. The molecule has 0 aliphatic carbocycles. The molecule has 1 rings (SSSR count). The summed E-state index contributed by atoms with van der Waals surface area (Å²) in [6.07, 6.45) is 0. The fourth-order valence-corrected chi connectivity index (χ4v) is 1.74. The zero-order chi connectivity index (χ0) is 13.0. The Morgan fingerprint density at radius 3 is 2.53 bits per heavy atom. The first kappa shape index (κ1) is 13.5. The summed E-state index contributed by atoms with van der Waals surface area (Å²) in [5.74, 6) is -3.32. The van der Waals surface area contributed by atoms with Gasteiger partial charge in [-0.2, -0.15) is 5.26 Å². The minimum atomic E-state index is -1.28. The highest BCUT2D eigenvalue weighted by atomic mass is 35.5. The molecule has 1 atom stereocenters. The fourth-order valence-electron chi connectivity index (χ4n) is 1.22. The first-order valence-electron chi connectivity index (χ1n) is 4.48. The van der Waals surface area contributed by atoms with E-state index >= 15 is 0 Å². The molecule has 0 spiro atoms. The number of esters is 1. The number of nitrogens with zero attached hydrogens (tertiary/aromatic N) is 1. The van der Waals surface area contributed by atoms with E-state index in [1.807, 2.05) is 0 Å². The Bertz CT molecular complexity index is 508. The van der Waals surface area contributed by atoms with Gasteiger partial charge in [-0.15, -0.1) is 0 Å². The average molecular weight is 272 g/mol. The van der Waals surface area contributed by atoms with E-state index in [-0.39, 0.29) is 10.6 Å². The van der Waals surface area contributed by atoms with E-state index in [2.05, 4.69) is 4.74 Å². The maximum Gasteiger partial charge on any atom is 0.376 e. The van der Waals surface area contributed by atoms with Crippen molar-refractivity contribution in [3.05, 3.63) is 33.8 Å². The van der Waals surface area contributed by atoms with Crippen LogP contribution in [0.1, 0.15) is 11.5 Å². The molecule has 1 aromatic carbocycles. The molecule has 0 bridgehead atoms. The molecule has 1 aromatic rings. The summed E-state index contributed by atoms with van der Waals surface area (Å²) in [5.41, 5.74) is 0.231. The van der Waals surface area contributed by atoms with Crippen LogP contribution < -0.4 is 0 Å². The Morgan fingerprint density at radius 1 is 1.41 bits per heavy atom. The summed E-state index contributed by atoms with van der Waals surface area (Å²) >= 11 is 11.5. The number of carbonyl (C=O) groups is 2. The van der Waals surface area contributed by atoms with E-state index in [4.69, 9.17) is 28.5 Å². The van der Waals surface area contributed by atoms with Crippen molar-refractivity contribution >= 4 is 35.0 Å². The average Bonchev–Trinajstić information content (AvgIpc) is 2.31. The molecule has 88 valence electrons. The van der Waals surface area contributed by atoms with Gasteiger partial charge in [0, 0.05) is 10.0 Å². The number of halogens is 2. The number of ketones is 1. The molecular formula is C11H7Cl2NO3. The van der Waals surface area contributed by atoms with Crippen molar-refractivity contribution in [2.75, 3.05) is 7.11 Å². The van der Waals surface area contributed by atoms with Crippen LogP contribution in [0.2, 0.25) is 10.0 Å². The van der Waals surface area contributed by atoms with E-state index in [0.717, 1.165) is 7.11 Å². The lowest BCUT2D eigenvalue weighted by Gasteiger charge is -2.09. The highest BCUT2D eigenvalue weighted by Crippen LogP contribution is 2.28. The maximum absolute atomic E-state index is 11.6. The number of benzene rings is 1. The zero-order valence-corrected chi connectivity index (χ0v) is 10.2. The SMILES string of the molecule is COC(=O)C(=O)C(C#N)c1ccc(Cl)cc1Cl. The van der Waals surface area contributed by atoms with Crippen LogP contribution in [0.25, 0.3) is 0 Å². The van der Waals surface area contributed by atoms with E-state index in [0.29, 0.717) is 5.02 Å². The second kappa shape index (κ2) is 5.67. The normalized spacial score (nSPS) is 11.4. The van der Waals surface area contributed by atoms with E-state index in [1.165, 1.54) is 18.2 Å². The molecule has 4 nitrogen and oxygen atoms in total. The van der Waals surface area contributed by atoms with Crippen LogP contribution in [0.3, 0.4) is 0 Å². The van der Waals surface area contributed by atoms with Crippen LogP contribution in [0.5, 0.6) is 0 Å². The van der Waals surface area contributed by atoms with Crippen LogP contribution in [-0.2, 0) is 14.3 Å². The van der Waals surface area contributed by atoms with Crippen LogP contribution >= 0.6 is 23.2 Å².